The van der Waals surface area contributed by atoms with Crippen molar-refractivity contribution in [1.29, 1.82) is 0 Å². The maximum Gasteiger partial charge on any atom is 0.0682 e. The lowest BCUT2D eigenvalue weighted by atomic mass is 10.2. The lowest BCUT2D eigenvalue weighted by Crippen LogP contribution is -1.81. The van der Waals surface area contributed by atoms with Crippen molar-refractivity contribution < 1.29 is 5.11 Å². The minimum absolute atomic E-state index is 0.0838. The van der Waals surface area contributed by atoms with Crippen LogP contribution in [-0.4, -0.2) is 5.11 Å². The molecule has 0 bridgehead atoms. The number of fused-ring (bicyclic) bond motifs is 1. The molecule has 68 valence electrons. The average molecular weight is 210 g/mol. The second-order valence-electron chi connectivity index (χ2n) is 3.04. The Morgan fingerprint density at radius 2 is 2.15 bits per heavy atom. The summed E-state index contributed by atoms with van der Waals surface area (Å²) < 4.78 is 1.20. The van der Waals surface area contributed by atoms with Crippen LogP contribution < -0.4 is 0 Å². The molecule has 2 rings (SSSR count). The van der Waals surface area contributed by atoms with Gasteiger partial charge in [0.1, 0.15) is 0 Å². The minimum Gasteiger partial charge on any atom is -0.392 e. The van der Waals surface area contributed by atoms with E-state index in [9.17, 15) is 0 Å². The molecule has 1 nitrogen and oxygen atoms in total. The third kappa shape index (κ3) is 1.59. The van der Waals surface area contributed by atoms with E-state index in [4.69, 9.17) is 5.11 Å². The van der Waals surface area contributed by atoms with Crippen LogP contribution in [0.4, 0.5) is 0 Å². The van der Waals surface area contributed by atoms with E-state index in [0.29, 0.717) is 0 Å². The van der Waals surface area contributed by atoms with Crippen molar-refractivity contribution in [3.05, 3.63) is 28.6 Å². The van der Waals surface area contributed by atoms with Crippen molar-refractivity contribution >= 4 is 34.1 Å². The van der Waals surface area contributed by atoms with Gasteiger partial charge in [-0.05, 0) is 30.7 Å². The average Bonchev–Trinajstić information content (AvgIpc) is 2.46. The van der Waals surface area contributed by atoms with E-state index >= 15 is 0 Å². The Hall–Kier alpha value is -0.510. The highest BCUT2D eigenvalue weighted by Gasteiger charge is 2.03. The minimum atomic E-state index is 0.0838. The molecule has 0 saturated carbocycles. The first-order valence-corrected chi connectivity index (χ1v) is 5.30. The Labute approximate surface area is 86.4 Å². The normalized spacial score (nSPS) is 11.0. The Morgan fingerprint density at radius 1 is 1.38 bits per heavy atom. The zero-order chi connectivity index (χ0) is 9.42. The molecule has 0 saturated heterocycles. The van der Waals surface area contributed by atoms with Gasteiger partial charge in [0.2, 0.25) is 0 Å². The van der Waals surface area contributed by atoms with Crippen LogP contribution >= 0.6 is 24.0 Å². The van der Waals surface area contributed by atoms with E-state index in [1.165, 1.54) is 15.0 Å². The van der Waals surface area contributed by atoms with Crippen LogP contribution in [0.2, 0.25) is 0 Å². The number of aliphatic hydroxyl groups excluding tert-OH is 1. The summed E-state index contributed by atoms with van der Waals surface area (Å²) >= 11 is 6.12. The summed E-state index contributed by atoms with van der Waals surface area (Å²) in [6, 6.07) is 6.06. The van der Waals surface area contributed by atoms with E-state index in [1.54, 1.807) is 11.3 Å². The molecule has 13 heavy (non-hydrogen) atoms. The van der Waals surface area contributed by atoms with Crippen LogP contribution in [0.15, 0.2) is 23.1 Å². The van der Waals surface area contributed by atoms with Crippen LogP contribution in [0.25, 0.3) is 10.1 Å². The standard InChI is InChI=1S/C10H10OS2/c1-6-2-8-9(12)3-7(5-11)4-10(8)13-6/h2-4,11-12H,5H2,1H3. The van der Waals surface area contributed by atoms with Crippen LogP contribution in [0.1, 0.15) is 10.4 Å². The largest absolute Gasteiger partial charge is 0.392 e. The highest BCUT2D eigenvalue weighted by atomic mass is 32.1. The van der Waals surface area contributed by atoms with Gasteiger partial charge in [-0.15, -0.1) is 24.0 Å². The number of aliphatic hydroxyl groups is 1. The summed E-state index contributed by atoms with van der Waals surface area (Å²) in [6.45, 7) is 2.16. The van der Waals surface area contributed by atoms with E-state index in [1.807, 2.05) is 12.1 Å². The van der Waals surface area contributed by atoms with E-state index < -0.39 is 0 Å². The van der Waals surface area contributed by atoms with Crippen LogP contribution in [0.3, 0.4) is 0 Å². The molecule has 1 aromatic carbocycles. The molecule has 0 aliphatic carbocycles. The molecule has 1 aromatic heterocycles. The fourth-order valence-corrected chi connectivity index (χ4v) is 2.83. The molecular weight excluding hydrogens is 200 g/mol. The second-order valence-corrected chi connectivity index (χ2v) is 4.81. The van der Waals surface area contributed by atoms with Crippen molar-refractivity contribution in [2.75, 3.05) is 0 Å². The van der Waals surface area contributed by atoms with Crippen molar-refractivity contribution in [1.82, 2.24) is 0 Å². The first-order valence-electron chi connectivity index (χ1n) is 4.03. The zero-order valence-corrected chi connectivity index (χ0v) is 8.95. The van der Waals surface area contributed by atoms with Gasteiger partial charge in [-0.3, -0.25) is 0 Å². The summed E-state index contributed by atoms with van der Waals surface area (Å²) in [6.07, 6.45) is 0. The number of hydrogen-bond acceptors (Lipinski definition) is 3. The van der Waals surface area contributed by atoms with E-state index in [0.717, 1.165) is 10.5 Å². The third-order valence-electron chi connectivity index (χ3n) is 1.98. The van der Waals surface area contributed by atoms with Crippen LogP contribution in [-0.2, 0) is 6.61 Å². The van der Waals surface area contributed by atoms with Gasteiger partial charge in [-0.1, -0.05) is 0 Å². The molecule has 1 heterocycles. The first kappa shape index (κ1) is 9.06. The Morgan fingerprint density at radius 3 is 2.85 bits per heavy atom. The SMILES string of the molecule is Cc1cc2c(S)cc(CO)cc2s1. The van der Waals surface area contributed by atoms with Crippen molar-refractivity contribution in [2.45, 2.75) is 18.4 Å². The molecule has 0 aliphatic heterocycles. The fourth-order valence-electron chi connectivity index (χ4n) is 1.39. The summed E-state index contributed by atoms with van der Waals surface area (Å²) in [5.41, 5.74) is 0.930. The van der Waals surface area contributed by atoms with Gasteiger partial charge in [-0.25, -0.2) is 0 Å². The lowest BCUT2D eigenvalue weighted by Gasteiger charge is -1.99. The molecule has 0 fully saturated rings. The first-order chi connectivity index (χ1) is 6.20. The summed E-state index contributed by atoms with van der Waals surface area (Å²) in [5.74, 6) is 0. The third-order valence-corrected chi connectivity index (χ3v) is 3.35. The quantitative estimate of drug-likeness (QED) is 0.693. The highest BCUT2D eigenvalue weighted by Crippen LogP contribution is 2.31. The molecular formula is C10H10OS2. The predicted octanol–water partition coefficient (Wildman–Crippen LogP) is 2.99. The van der Waals surface area contributed by atoms with Crippen LogP contribution in [0, 0.1) is 6.92 Å². The maximum absolute atomic E-state index is 9.00. The van der Waals surface area contributed by atoms with E-state index in [-0.39, 0.29) is 6.61 Å². The van der Waals surface area contributed by atoms with Crippen molar-refractivity contribution in [3.8, 4) is 0 Å². The molecule has 0 aliphatic rings. The molecule has 3 heteroatoms. The van der Waals surface area contributed by atoms with Gasteiger partial charge in [-0.2, -0.15) is 0 Å². The lowest BCUT2D eigenvalue weighted by molar-refractivity contribution is 0.282. The molecule has 0 unspecified atom stereocenters. The monoisotopic (exact) mass is 210 g/mol. The summed E-state index contributed by atoms with van der Waals surface area (Å²) in [7, 11) is 0. The molecule has 1 N–H and O–H groups in total. The van der Waals surface area contributed by atoms with Gasteiger partial charge in [0.05, 0.1) is 6.61 Å². The summed E-state index contributed by atoms with van der Waals surface area (Å²) in [5, 5.41) is 10.2. The zero-order valence-electron chi connectivity index (χ0n) is 7.24. The van der Waals surface area contributed by atoms with Gasteiger partial charge in [0.15, 0.2) is 0 Å². The van der Waals surface area contributed by atoms with Crippen LogP contribution in [0.5, 0.6) is 0 Å². The second kappa shape index (κ2) is 3.33. The van der Waals surface area contributed by atoms with Crippen molar-refractivity contribution in [2.24, 2.45) is 0 Å². The van der Waals surface area contributed by atoms with Gasteiger partial charge in [0.25, 0.3) is 0 Å². The van der Waals surface area contributed by atoms with E-state index in [2.05, 4.69) is 25.6 Å². The van der Waals surface area contributed by atoms with Crippen molar-refractivity contribution in [3.63, 3.8) is 0 Å². The number of thiophene rings is 1. The number of aryl methyl sites for hydroxylation is 1. The molecule has 0 atom stereocenters. The topological polar surface area (TPSA) is 20.2 Å². The number of thiol groups is 1. The fraction of sp³-hybridized carbons (Fsp3) is 0.200. The van der Waals surface area contributed by atoms with Gasteiger partial charge < -0.3 is 5.11 Å². The highest BCUT2D eigenvalue weighted by molar-refractivity contribution is 7.80. The number of rotatable bonds is 1. The number of benzene rings is 1. The van der Waals surface area contributed by atoms with Gasteiger partial charge >= 0.3 is 0 Å². The van der Waals surface area contributed by atoms with Gasteiger partial charge in [0, 0.05) is 19.9 Å². The molecule has 2 aromatic rings. The molecule has 0 spiro atoms. The number of hydrogen-bond donors (Lipinski definition) is 2. The Kier molecular flexibility index (Phi) is 2.32. The summed E-state index contributed by atoms with van der Waals surface area (Å²) in [4.78, 5) is 2.23. The Bertz CT molecular complexity index is 445. The predicted molar refractivity (Wildman–Crippen MR) is 59.7 cm³/mol. The maximum atomic E-state index is 9.00. The molecule has 0 radical (unpaired) electrons. The smallest absolute Gasteiger partial charge is 0.0682 e. The molecule has 0 amide bonds. The Balaban J connectivity index is 2.75.